The Balaban J connectivity index is 1.53. The average Bonchev–Trinajstić information content (AvgIpc) is 3.29. The van der Waals surface area contributed by atoms with Gasteiger partial charge in [-0.2, -0.15) is 0 Å². The lowest BCUT2D eigenvalue weighted by Gasteiger charge is -2.32. The summed E-state index contributed by atoms with van der Waals surface area (Å²) in [5, 5.41) is 11.6. The van der Waals surface area contributed by atoms with Crippen LogP contribution in [-0.2, 0) is 57.6 Å². The number of halogens is 1. The van der Waals surface area contributed by atoms with Gasteiger partial charge in [-0.15, -0.1) is 6.42 Å². The van der Waals surface area contributed by atoms with Crippen molar-refractivity contribution in [2.75, 3.05) is 37.3 Å². The predicted octanol–water partition coefficient (Wildman–Crippen LogP) is 5.32. The van der Waals surface area contributed by atoms with Crippen LogP contribution in [0.1, 0.15) is 76.1 Å². The van der Waals surface area contributed by atoms with Crippen LogP contribution in [0.4, 0.5) is 4.79 Å². The van der Waals surface area contributed by atoms with Gasteiger partial charge in [0.1, 0.15) is 24.7 Å². The number of carbonyl (C=O) groups is 6. The van der Waals surface area contributed by atoms with Gasteiger partial charge in [-0.1, -0.05) is 129 Å². The molecule has 3 aromatic carbocycles. The molecule has 4 amide bonds. The number of Topliss-reactive ketones (excluding diaryl/α,β-unsaturated/α-hetero) is 1. The van der Waals surface area contributed by atoms with E-state index in [1.165, 1.54) is 6.92 Å². The SMILES string of the molecule is C#Cc1ccc(COC(=O)OC(C)(CI)C(=O)C(CC(C)C)NC(=O)C(Cc2ccccc2)NC(=O)C(CC(C)C)NC(=O)C(CCc2ccccc2)NC(=O)CN2CCOCC2)cc1. The molecule has 14 nitrogen and oxygen atoms in total. The molecule has 0 aliphatic carbocycles. The lowest BCUT2D eigenvalue weighted by atomic mass is 9.90. The standard InChI is InChI=1S/C50H64IN5O9/c1-7-36-18-20-39(21-19-36)32-64-49(62)65-50(6,33-51)45(58)41(28-34(2)3)53-48(61)43(30-38-16-12-9-13-17-38)55-47(60)42(29-35(4)5)54-46(59)40(23-22-37-14-10-8-11-15-37)52-44(57)31-56-24-26-63-27-25-56/h1,8-21,34-35,40-43H,22-33H2,2-6H3,(H,52,57)(H,53,61)(H,54,59)(H,55,60). The van der Waals surface area contributed by atoms with Crippen LogP contribution in [0.3, 0.4) is 0 Å². The normalized spacial score (nSPS) is 15.6. The molecule has 3 aromatic rings. The Labute approximate surface area is 397 Å². The fourth-order valence-electron chi connectivity index (χ4n) is 7.27. The second kappa shape index (κ2) is 26.6. The Kier molecular flexibility index (Phi) is 21.4. The quantitative estimate of drug-likeness (QED) is 0.0397. The van der Waals surface area contributed by atoms with E-state index in [1.54, 1.807) is 24.3 Å². The molecule has 1 fully saturated rings. The predicted molar refractivity (Wildman–Crippen MR) is 257 cm³/mol. The van der Waals surface area contributed by atoms with Crippen molar-refractivity contribution < 1.29 is 43.0 Å². The minimum Gasteiger partial charge on any atom is -0.429 e. The summed E-state index contributed by atoms with van der Waals surface area (Å²) in [5.41, 5.74) is 1.39. The highest BCUT2D eigenvalue weighted by molar-refractivity contribution is 14.1. The van der Waals surface area contributed by atoms with Crippen LogP contribution in [0.25, 0.3) is 0 Å². The zero-order valence-electron chi connectivity index (χ0n) is 38.1. The van der Waals surface area contributed by atoms with Gasteiger partial charge in [0, 0.05) is 29.5 Å². The van der Waals surface area contributed by atoms with Crippen molar-refractivity contribution in [3.8, 4) is 12.3 Å². The molecular weight excluding hydrogens is 941 g/mol. The van der Waals surface area contributed by atoms with Crippen LogP contribution in [0.2, 0.25) is 0 Å². The van der Waals surface area contributed by atoms with Crippen LogP contribution in [-0.4, -0.2) is 108 Å². The Hall–Kier alpha value is -5.31. The molecule has 1 aliphatic heterocycles. The monoisotopic (exact) mass is 1010 g/mol. The molecule has 4 rings (SSSR count). The third kappa shape index (κ3) is 17.9. The number of carbonyl (C=O) groups excluding carboxylic acids is 6. The zero-order valence-corrected chi connectivity index (χ0v) is 40.3. The van der Waals surface area contributed by atoms with E-state index in [0.717, 1.165) is 11.1 Å². The average molecular weight is 1010 g/mol. The Morgan fingerprint density at radius 3 is 1.85 bits per heavy atom. The molecule has 5 atom stereocenters. The first kappa shape index (κ1) is 52.3. The van der Waals surface area contributed by atoms with Crippen molar-refractivity contribution in [2.45, 2.75) is 103 Å². The van der Waals surface area contributed by atoms with E-state index in [-0.39, 0.29) is 61.0 Å². The van der Waals surface area contributed by atoms with Crippen molar-refractivity contribution >= 4 is 58.2 Å². The number of benzene rings is 3. The molecule has 1 saturated heterocycles. The largest absolute Gasteiger partial charge is 0.509 e. The highest BCUT2D eigenvalue weighted by Crippen LogP contribution is 2.23. The maximum atomic E-state index is 14.4. The molecular formula is C50H64IN5O9. The Bertz CT molecular complexity index is 2060. The molecule has 15 heteroatoms. The minimum absolute atomic E-state index is 0.0502. The number of ketones is 1. The first-order chi connectivity index (χ1) is 31.1. The number of morpholine rings is 1. The van der Waals surface area contributed by atoms with Crippen molar-refractivity contribution in [3.05, 3.63) is 107 Å². The number of alkyl halides is 1. The van der Waals surface area contributed by atoms with E-state index in [9.17, 15) is 28.8 Å². The van der Waals surface area contributed by atoms with E-state index in [0.29, 0.717) is 43.9 Å². The fraction of sp³-hybridized carbons (Fsp3) is 0.480. The number of aryl methyl sites for hydroxylation is 1. The maximum absolute atomic E-state index is 14.4. The van der Waals surface area contributed by atoms with Gasteiger partial charge in [-0.05, 0) is 73.3 Å². The summed E-state index contributed by atoms with van der Waals surface area (Å²) >= 11 is 1.96. The van der Waals surface area contributed by atoms with Crippen molar-refractivity contribution in [1.29, 1.82) is 0 Å². The van der Waals surface area contributed by atoms with Gasteiger partial charge in [0.25, 0.3) is 0 Å². The number of hydrogen-bond acceptors (Lipinski definition) is 10. The van der Waals surface area contributed by atoms with Crippen molar-refractivity contribution in [1.82, 2.24) is 26.2 Å². The lowest BCUT2D eigenvalue weighted by Crippen LogP contribution is -2.60. The van der Waals surface area contributed by atoms with E-state index >= 15 is 0 Å². The van der Waals surface area contributed by atoms with Gasteiger partial charge in [-0.25, -0.2) is 4.79 Å². The van der Waals surface area contributed by atoms with E-state index in [1.807, 2.05) is 116 Å². The summed E-state index contributed by atoms with van der Waals surface area (Å²) in [6, 6.07) is 21.3. The van der Waals surface area contributed by atoms with Crippen LogP contribution >= 0.6 is 22.6 Å². The summed E-state index contributed by atoms with van der Waals surface area (Å²) < 4.78 is 16.5. The molecule has 0 bridgehead atoms. The maximum Gasteiger partial charge on any atom is 0.509 e. The van der Waals surface area contributed by atoms with Crippen molar-refractivity contribution in [2.24, 2.45) is 11.8 Å². The molecule has 0 radical (unpaired) electrons. The van der Waals surface area contributed by atoms with Gasteiger partial charge < -0.3 is 35.5 Å². The molecule has 350 valence electrons. The minimum atomic E-state index is -1.68. The summed E-state index contributed by atoms with van der Waals surface area (Å²) in [6.45, 7) is 11.3. The van der Waals surface area contributed by atoms with E-state index in [2.05, 4.69) is 27.2 Å². The van der Waals surface area contributed by atoms with Gasteiger partial charge in [0.05, 0.1) is 25.8 Å². The number of hydrogen-bond donors (Lipinski definition) is 4. The van der Waals surface area contributed by atoms with Crippen LogP contribution < -0.4 is 21.3 Å². The van der Waals surface area contributed by atoms with E-state index < -0.39 is 59.4 Å². The third-order valence-corrected chi connectivity index (χ3v) is 12.3. The van der Waals surface area contributed by atoms with Gasteiger partial charge in [0.15, 0.2) is 11.4 Å². The summed E-state index contributed by atoms with van der Waals surface area (Å²) in [5.74, 6) is -0.222. The summed E-state index contributed by atoms with van der Waals surface area (Å²) in [7, 11) is 0. The zero-order chi connectivity index (χ0) is 47.4. The third-order valence-electron chi connectivity index (χ3n) is 10.8. The second-order valence-corrected chi connectivity index (χ2v) is 18.1. The van der Waals surface area contributed by atoms with Crippen molar-refractivity contribution in [3.63, 3.8) is 0 Å². The van der Waals surface area contributed by atoms with Crippen LogP contribution in [0, 0.1) is 24.2 Å². The van der Waals surface area contributed by atoms with Crippen LogP contribution in [0.5, 0.6) is 0 Å². The second-order valence-electron chi connectivity index (χ2n) is 17.4. The molecule has 0 saturated carbocycles. The number of terminal acetylenes is 1. The number of amides is 4. The smallest absolute Gasteiger partial charge is 0.429 e. The number of ether oxygens (including phenoxy) is 3. The van der Waals surface area contributed by atoms with Crippen LogP contribution in [0.15, 0.2) is 84.9 Å². The lowest BCUT2D eigenvalue weighted by molar-refractivity contribution is -0.141. The summed E-state index contributed by atoms with van der Waals surface area (Å²) in [4.78, 5) is 85.6. The fourth-order valence-corrected chi connectivity index (χ4v) is 7.81. The van der Waals surface area contributed by atoms with Gasteiger partial charge in [-0.3, -0.25) is 28.9 Å². The molecule has 1 heterocycles. The highest BCUT2D eigenvalue weighted by Gasteiger charge is 2.43. The molecule has 5 unspecified atom stereocenters. The molecule has 4 N–H and O–H groups in total. The topological polar surface area (TPSA) is 181 Å². The van der Waals surface area contributed by atoms with E-state index in [4.69, 9.17) is 20.6 Å². The Morgan fingerprint density at radius 1 is 0.723 bits per heavy atom. The molecule has 1 aliphatic rings. The van der Waals surface area contributed by atoms with Gasteiger partial charge in [0.2, 0.25) is 23.6 Å². The first-order valence-electron chi connectivity index (χ1n) is 22.2. The molecule has 0 aromatic heterocycles. The summed E-state index contributed by atoms with van der Waals surface area (Å²) in [6.07, 6.45) is 5.67. The number of nitrogens with one attached hydrogen (secondary N) is 4. The molecule has 65 heavy (non-hydrogen) atoms. The number of nitrogens with zero attached hydrogens (tertiary/aromatic N) is 1. The Morgan fingerprint density at radius 2 is 1.26 bits per heavy atom. The highest BCUT2D eigenvalue weighted by atomic mass is 127. The number of rotatable bonds is 24. The molecule has 0 spiro atoms. The first-order valence-corrected chi connectivity index (χ1v) is 23.7. The van der Waals surface area contributed by atoms with Gasteiger partial charge >= 0.3 is 6.16 Å².